The van der Waals surface area contributed by atoms with Gasteiger partial charge in [0.15, 0.2) is 5.16 Å². The van der Waals surface area contributed by atoms with Crippen molar-refractivity contribution < 1.29 is 14.3 Å². The molecule has 0 bridgehead atoms. The third-order valence-electron chi connectivity index (χ3n) is 5.38. The van der Waals surface area contributed by atoms with Crippen LogP contribution in [0, 0.1) is 0 Å². The summed E-state index contributed by atoms with van der Waals surface area (Å²) >= 11 is 1.41. The van der Waals surface area contributed by atoms with E-state index in [0.29, 0.717) is 38.1 Å². The average Bonchev–Trinajstić information content (AvgIpc) is 3.31. The summed E-state index contributed by atoms with van der Waals surface area (Å²) in [5, 5.41) is 9.61. The van der Waals surface area contributed by atoms with Gasteiger partial charge in [0.2, 0.25) is 11.9 Å². The van der Waals surface area contributed by atoms with Crippen LogP contribution in [-0.4, -0.2) is 77.9 Å². The highest BCUT2D eigenvalue weighted by Crippen LogP contribution is 2.27. The van der Waals surface area contributed by atoms with Crippen LogP contribution in [0.15, 0.2) is 65.8 Å². The second-order valence-corrected chi connectivity index (χ2v) is 8.58. The van der Waals surface area contributed by atoms with Gasteiger partial charge in [-0.1, -0.05) is 60.3 Å². The molecule has 33 heavy (non-hydrogen) atoms. The molecule has 3 aromatic rings. The molecule has 2 aromatic carbocycles. The Balaban J connectivity index is 1.51. The summed E-state index contributed by atoms with van der Waals surface area (Å²) in [6.07, 6.45) is 0. The summed E-state index contributed by atoms with van der Waals surface area (Å²) < 4.78 is 12.8. The molecule has 0 spiro atoms. The number of hydrogen-bond donors (Lipinski definition) is 0. The van der Waals surface area contributed by atoms with Gasteiger partial charge in [-0.05, 0) is 17.7 Å². The summed E-state index contributed by atoms with van der Waals surface area (Å²) in [5.74, 6) is 1.08. The lowest BCUT2D eigenvalue weighted by Gasteiger charge is -2.28. The van der Waals surface area contributed by atoms with Gasteiger partial charge in [-0.15, -0.1) is 10.2 Å². The molecule has 1 fully saturated rings. The number of ether oxygens (including phenoxy) is 2. The van der Waals surface area contributed by atoms with Crippen molar-refractivity contribution in [1.29, 1.82) is 0 Å². The summed E-state index contributed by atoms with van der Waals surface area (Å²) in [7, 11) is 1.65. The first kappa shape index (κ1) is 23.3. The first-order chi connectivity index (χ1) is 16.3. The number of morpholine rings is 1. The maximum atomic E-state index is 13.1. The Morgan fingerprint density at radius 2 is 1.76 bits per heavy atom. The molecule has 0 atom stereocenters. The van der Waals surface area contributed by atoms with E-state index in [2.05, 4.69) is 15.1 Å². The lowest BCUT2D eigenvalue weighted by Crippen LogP contribution is -2.38. The molecule has 0 saturated carbocycles. The highest BCUT2D eigenvalue weighted by atomic mass is 32.2. The van der Waals surface area contributed by atoms with Gasteiger partial charge in [-0.25, -0.2) is 0 Å². The third-order valence-corrected chi connectivity index (χ3v) is 6.30. The fourth-order valence-electron chi connectivity index (χ4n) is 3.64. The molecular formula is C24H29N5O3S. The number of benzene rings is 2. The van der Waals surface area contributed by atoms with Gasteiger partial charge in [0.25, 0.3) is 0 Å². The summed E-state index contributed by atoms with van der Waals surface area (Å²) in [4.78, 5) is 17.2. The highest BCUT2D eigenvalue weighted by molar-refractivity contribution is 7.99. The second-order valence-electron chi connectivity index (χ2n) is 7.64. The molecule has 1 saturated heterocycles. The Kier molecular flexibility index (Phi) is 8.35. The Morgan fingerprint density at radius 3 is 2.45 bits per heavy atom. The van der Waals surface area contributed by atoms with Gasteiger partial charge in [0.05, 0.1) is 31.3 Å². The average molecular weight is 468 g/mol. The predicted molar refractivity (Wildman–Crippen MR) is 129 cm³/mol. The summed E-state index contributed by atoms with van der Waals surface area (Å²) in [6.45, 7) is 4.42. The van der Waals surface area contributed by atoms with Gasteiger partial charge in [-0.2, -0.15) is 0 Å². The van der Waals surface area contributed by atoms with E-state index in [9.17, 15) is 4.79 Å². The van der Waals surface area contributed by atoms with Crippen LogP contribution in [0.4, 0.5) is 5.95 Å². The Hall–Kier alpha value is -2.88. The van der Waals surface area contributed by atoms with E-state index in [-0.39, 0.29) is 11.7 Å². The van der Waals surface area contributed by atoms with Crippen LogP contribution < -0.4 is 4.90 Å². The molecule has 9 heteroatoms. The van der Waals surface area contributed by atoms with Gasteiger partial charge in [0.1, 0.15) is 0 Å². The predicted octanol–water partition coefficient (Wildman–Crippen LogP) is 2.87. The smallest absolute Gasteiger partial charge is 0.233 e. The topological polar surface area (TPSA) is 72.7 Å². The fourth-order valence-corrected chi connectivity index (χ4v) is 4.49. The van der Waals surface area contributed by atoms with Crippen molar-refractivity contribution in [3.8, 4) is 5.69 Å². The maximum Gasteiger partial charge on any atom is 0.233 e. The lowest BCUT2D eigenvalue weighted by molar-refractivity contribution is -0.129. The van der Waals surface area contributed by atoms with Crippen LogP contribution in [0.5, 0.6) is 0 Å². The number of aromatic nitrogens is 3. The van der Waals surface area contributed by atoms with E-state index in [4.69, 9.17) is 9.47 Å². The number of methoxy groups -OCH3 is 1. The zero-order chi connectivity index (χ0) is 22.9. The van der Waals surface area contributed by atoms with Crippen molar-refractivity contribution in [2.24, 2.45) is 0 Å². The van der Waals surface area contributed by atoms with Crippen molar-refractivity contribution in [3.05, 3.63) is 66.2 Å². The number of amides is 1. The number of rotatable bonds is 10. The van der Waals surface area contributed by atoms with Crippen molar-refractivity contribution >= 4 is 23.6 Å². The molecule has 1 aliphatic heterocycles. The molecule has 0 unspecified atom stereocenters. The standard InChI is InChI=1S/C24H29N5O3S/c1-31-15-12-28(18-20-8-4-2-5-9-20)22(30)19-33-24-26-25-23(27-13-16-32-17-14-27)29(24)21-10-6-3-7-11-21/h2-11H,12-19H2,1H3. The first-order valence-electron chi connectivity index (χ1n) is 11.0. The van der Waals surface area contributed by atoms with Crippen molar-refractivity contribution in [2.45, 2.75) is 11.7 Å². The van der Waals surface area contributed by atoms with Gasteiger partial charge < -0.3 is 19.3 Å². The molecule has 0 N–H and O–H groups in total. The highest BCUT2D eigenvalue weighted by Gasteiger charge is 2.23. The number of para-hydroxylation sites is 1. The van der Waals surface area contributed by atoms with E-state index < -0.39 is 0 Å². The van der Waals surface area contributed by atoms with Crippen LogP contribution in [0.1, 0.15) is 5.56 Å². The summed E-state index contributed by atoms with van der Waals surface area (Å²) in [6, 6.07) is 20.0. The number of carbonyl (C=O) groups is 1. The van der Waals surface area contributed by atoms with Crippen molar-refractivity contribution in [2.75, 3.05) is 57.2 Å². The Bertz CT molecular complexity index is 1010. The largest absolute Gasteiger partial charge is 0.383 e. The van der Waals surface area contributed by atoms with E-state index in [1.807, 2.05) is 70.1 Å². The van der Waals surface area contributed by atoms with E-state index in [1.54, 1.807) is 7.11 Å². The minimum Gasteiger partial charge on any atom is -0.383 e. The van der Waals surface area contributed by atoms with E-state index in [0.717, 1.165) is 30.3 Å². The normalized spacial score (nSPS) is 13.8. The van der Waals surface area contributed by atoms with Crippen LogP contribution in [0.3, 0.4) is 0 Å². The monoisotopic (exact) mass is 467 g/mol. The molecular weight excluding hydrogens is 438 g/mol. The Labute approximate surface area is 198 Å². The van der Waals surface area contributed by atoms with Crippen LogP contribution in [-0.2, 0) is 20.8 Å². The zero-order valence-electron chi connectivity index (χ0n) is 18.8. The number of anilines is 1. The number of thioether (sulfide) groups is 1. The molecule has 1 aliphatic rings. The van der Waals surface area contributed by atoms with E-state index in [1.165, 1.54) is 11.8 Å². The minimum atomic E-state index is 0.0384. The molecule has 174 valence electrons. The number of nitrogens with zero attached hydrogens (tertiary/aromatic N) is 5. The third kappa shape index (κ3) is 6.13. The second kappa shape index (κ2) is 11.8. The van der Waals surface area contributed by atoms with Gasteiger partial charge >= 0.3 is 0 Å². The summed E-state index contributed by atoms with van der Waals surface area (Å²) in [5.41, 5.74) is 2.06. The SMILES string of the molecule is COCCN(Cc1ccccc1)C(=O)CSc1nnc(N2CCOCC2)n1-c1ccccc1. The first-order valence-corrected chi connectivity index (χ1v) is 12.0. The minimum absolute atomic E-state index is 0.0384. The maximum absolute atomic E-state index is 13.1. The number of carbonyl (C=O) groups excluding carboxylic acids is 1. The van der Waals surface area contributed by atoms with Crippen LogP contribution in [0.2, 0.25) is 0 Å². The molecule has 1 aromatic heterocycles. The fraction of sp³-hybridized carbons (Fsp3) is 0.375. The Morgan fingerprint density at radius 1 is 1.06 bits per heavy atom. The van der Waals surface area contributed by atoms with Crippen LogP contribution >= 0.6 is 11.8 Å². The molecule has 8 nitrogen and oxygen atoms in total. The van der Waals surface area contributed by atoms with Gasteiger partial charge in [0, 0.05) is 33.3 Å². The molecule has 2 heterocycles. The van der Waals surface area contributed by atoms with Crippen LogP contribution in [0.25, 0.3) is 5.69 Å². The van der Waals surface area contributed by atoms with E-state index >= 15 is 0 Å². The lowest BCUT2D eigenvalue weighted by atomic mass is 10.2. The van der Waals surface area contributed by atoms with Crippen molar-refractivity contribution in [3.63, 3.8) is 0 Å². The molecule has 4 rings (SSSR count). The zero-order valence-corrected chi connectivity index (χ0v) is 19.6. The number of hydrogen-bond acceptors (Lipinski definition) is 7. The van der Waals surface area contributed by atoms with Crippen molar-refractivity contribution in [1.82, 2.24) is 19.7 Å². The quantitative estimate of drug-likeness (QED) is 0.425. The molecule has 0 radical (unpaired) electrons. The van der Waals surface area contributed by atoms with Gasteiger partial charge in [-0.3, -0.25) is 9.36 Å². The molecule has 1 amide bonds. The molecule has 0 aliphatic carbocycles.